The lowest BCUT2D eigenvalue weighted by Gasteiger charge is -2.41. The molecule has 332 valence electrons. The van der Waals surface area contributed by atoms with Crippen molar-refractivity contribution in [3.8, 4) is 0 Å². The van der Waals surface area contributed by atoms with Crippen LogP contribution in [-0.4, -0.2) is 136 Å². The molecule has 5 amide bonds. The Morgan fingerprint density at radius 3 is 2.00 bits per heavy atom. The molecule has 0 bridgehead atoms. The summed E-state index contributed by atoms with van der Waals surface area (Å²) in [6.07, 6.45) is -0.520. The minimum absolute atomic E-state index is 0.0148. The monoisotopic (exact) mass is 848 g/mol. The predicted octanol–water partition coefficient (Wildman–Crippen LogP) is 1.81. The van der Waals surface area contributed by atoms with E-state index in [4.69, 9.17) is 9.47 Å². The van der Waals surface area contributed by atoms with Crippen molar-refractivity contribution >= 4 is 45.3 Å². The summed E-state index contributed by atoms with van der Waals surface area (Å²) < 4.78 is 39.2. The van der Waals surface area contributed by atoms with E-state index < -0.39 is 81.3 Å². The third-order valence-electron chi connectivity index (χ3n) is 11.8. The van der Waals surface area contributed by atoms with Crippen LogP contribution in [0.15, 0.2) is 30.3 Å². The number of methoxy groups -OCH3 is 2. The summed E-state index contributed by atoms with van der Waals surface area (Å²) >= 11 is 0. The molecule has 1 aliphatic carbocycles. The number of likely N-dealkylation sites (tertiary alicyclic amines) is 1. The van der Waals surface area contributed by atoms with Gasteiger partial charge in [-0.1, -0.05) is 85.2 Å². The Kier molecular flexibility index (Phi) is 18.5. The van der Waals surface area contributed by atoms with Crippen LogP contribution in [0.4, 0.5) is 0 Å². The first-order valence-electron chi connectivity index (χ1n) is 20.7. The smallest absolute Gasteiger partial charge is 0.256 e. The molecule has 1 aromatic rings. The molecule has 1 aromatic carbocycles. The Morgan fingerprint density at radius 2 is 1.49 bits per heavy atom. The Bertz CT molecular complexity index is 1720. The van der Waals surface area contributed by atoms with Crippen molar-refractivity contribution in [3.05, 3.63) is 35.9 Å². The van der Waals surface area contributed by atoms with E-state index in [1.54, 1.807) is 56.3 Å². The van der Waals surface area contributed by atoms with E-state index >= 15 is 0 Å². The molecule has 9 atom stereocenters. The van der Waals surface area contributed by atoms with Crippen LogP contribution < -0.4 is 20.7 Å². The molecule has 1 heterocycles. The average Bonchev–Trinajstić information content (AvgIpc) is 3.99. The zero-order chi connectivity index (χ0) is 44.4. The lowest BCUT2D eigenvalue weighted by molar-refractivity contribution is -0.148. The summed E-state index contributed by atoms with van der Waals surface area (Å²) in [6.45, 7) is 12.8. The summed E-state index contributed by atoms with van der Waals surface area (Å²) in [5.74, 6) is -4.20. The molecule has 0 aromatic heterocycles. The number of nitrogens with one attached hydrogen (secondary N) is 4. The molecule has 0 spiro atoms. The van der Waals surface area contributed by atoms with Crippen molar-refractivity contribution in [3.63, 3.8) is 0 Å². The molecule has 4 N–H and O–H groups in total. The highest BCUT2D eigenvalue weighted by Crippen LogP contribution is 2.30. The fourth-order valence-corrected chi connectivity index (χ4v) is 9.27. The fourth-order valence-electron chi connectivity index (χ4n) is 7.92. The quantitative estimate of drug-likeness (QED) is 0.125. The van der Waals surface area contributed by atoms with Crippen LogP contribution in [0.5, 0.6) is 0 Å². The van der Waals surface area contributed by atoms with Crippen molar-refractivity contribution in [2.24, 2.45) is 23.7 Å². The number of ether oxygens (including phenoxy) is 2. The molecule has 17 heteroatoms. The van der Waals surface area contributed by atoms with Crippen LogP contribution in [0.25, 0.3) is 0 Å². The van der Waals surface area contributed by atoms with Gasteiger partial charge in [0.1, 0.15) is 12.1 Å². The number of likely N-dealkylation sites (N-methyl/N-ethyl adjacent to an activating group) is 2. The highest BCUT2D eigenvalue weighted by Gasteiger charge is 2.46. The zero-order valence-electron chi connectivity index (χ0n) is 36.6. The third kappa shape index (κ3) is 13.0. The van der Waals surface area contributed by atoms with Gasteiger partial charge in [0, 0.05) is 34.1 Å². The van der Waals surface area contributed by atoms with Gasteiger partial charge in [-0.3, -0.25) is 33.5 Å². The minimum Gasteiger partial charge on any atom is -0.379 e. The van der Waals surface area contributed by atoms with Crippen molar-refractivity contribution in [1.82, 2.24) is 30.5 Å². The zero-order valence-corrected chi connectivity index (χ0v) is 37.5. The molecule has 0 unspecified atom stereocenters. The van der Waals surface area contributed by atoms with Gasteiger partial charge in [-0.15, -0.1) is 0 Å². The number of amides is 5. The second-order valence-electron chi connectivity index (χ2n) is 16.8. The molecule has 1 aliphatic heterocycles. The summed E-state index contributed by atoms with van der Waals surface area (Å²) in [4.78, 5) is 85.0. The molecule has 2 aliphatic rings. The van der Waals surface area contributed by atoms with Gasteiger partial charge in [-0.05, 0) is 43.2 Å². The SMILES string of the molecule is CC[C@H](C)[C@@H]([C@@H](CC(=O)N1CC(=O)C[C@H]1[C@H](OC)[C@@H](C)C(=O)N[C@@H](Cc1ccccc1)C(=O)NS(=O)(=O)C1CC1)OC)N(C)C(=O)[C@@H](NC(=O)[C@@H](NC)C(C)C)C(C)C. The molecular formula is C42H68N6O10S. The van der Waals surface area contributed by atoms with Gasteiger partial charge in [0.25, 0.3) is 5.91 Å². The number of hydrogen-bond donors (Lipinski definition) is 4. The first kappa shape index (κ1) is 49.4. The van der Waals surface area contributed by atoms with E-state index in [1.807, 2.05) is 41.5 Å². The van der Waals surface area contributed by atoms with Gasteiger partial charge in [0.15, 0.2) is 5.78 Å². The Labute approximate surface area is 350 Å². The van der Waals surface area contributed by atoms with Crippen molar-refractivity contribution in [1.29, 1.82) is 0 Å². The number of carbonyl (C=O) groups is 6. The molecule has 2 fully saturated rings. The molecule has 0 radical (unpaired) electrons. The van der Waals surface area contributed by atoms with E-state index in [1.165, 1.54) is 19.1 Å². The van der Waals surface area contributed by atoms with Crippen LogP contribution in [0.3, 0.4) is 0 Å². The largest absolute Gasteiger partial charge is 0.379 e. The van der Waals surface area contributed by atoms with Gasteiger partial charge in [-0.2, -0.15) is 0 Å². The second-order valence-corrected chi connectivity index (χ2v) is 18.8. The Balaban J connectivity index is 1.83. The lowest BCUT2D eigenvalue weighted by atomic mass is 9.89. The molecule has 16 nitrogen and oxygen atoms in total. The maximum absolute atomic E-state index is 14.3. The van der Waals surface area contributed by atoms with E-state index in [2.05, 4.69) is 20.7 Å². The number of carbonyl (C=O) groups excluding carboxylic acids is 6. The number of nitrogens with zero attached hydrogens (tertiary/aromatic N) is 2. The third-order valence-corrected chi connectivity index (χ3v) is 13.6. The number of ketones is 1. The Morgan fingerprint density at radius 1 is 0.881 bits per heavy atom. The maximum atomic E-state index is 14.3. The van der Waals surface area contributed by atoms with Crippen LogP contribution in [-0.2, 0) is 54.7 Å². The summed E-state index contributed by atoms with van der Waals surface area (Å²) in [5.41, 5.74) is 0.694. The van der Waals surface area contributed by atoms with Crippen LogP contribution in [0.1, 0.15) is 86.1 Å². The normalized spacial score (nSPS) is 19.9. The molecular weight excluding hydrogens is 781 g/mol. The Hall–Kier alpha value is -3.93. The molecule has 1 saturated heterocycles. The first-order valence-corrected chi connectivity index (χ1v) is 22.3. The molecule has 1 saturated carbocycles. The van der Waals surface area contributed by atoms with Gasteiger partial charge in [0.05, 0.1) is 54.5 Å². The maximum Gasteiger partial charge on any atom is 0.256 e. The van der Waals surface area contributed by atoms with Crippen LogP contribution in [0.2, 0.25) is 0 Å². The number of sulfonamides is 1. The van der Waals surface area contributed by atoms with Crippen molar-refractivity contribution in [2.45, 2.75) is 135 Å². The fraction of sp³-hybridized carbons (Fsp3) is 0.714. The van der Waals surface area contributed by atoms with E-state index in [0.29, 0.717) is 24.8 Å². The summed E-state index contributed by atoms with van der Waals surface area (Å²) in [7, 11) is 2.27. The topological polar surface area (TPSA) is 210 Å². The van der Waals surface area contributed by atoms with Crippen LogP contribution >= 0.6 is 0 Å². The average molecular weight is 849 g/mol. The van der Waals surface area contributed by atoms with E-state index in [0.717, 1.165) is 0 Å². The van der Waals surface area contributed by atoms with Gasteiger partial charge < -0.3 is 35.2 Å². The number of benzene rings is 1. The second kappa shape index (κ2) is 22.1. The van der Waals surface area contributed by atoms with E-state index in [9.17, 15) is 37.2 Å². The first-order chi connectivity index (χ1) is 27.7. The summed E-state index contributed by atoms with van der Waals surface area (Å²) in [6, 6.07) is 4.81. The molecule has 3 rings (SSSR count). The lowest BCUT2D eigenvalue weighted by Crippen LogP contribution is -2.59. The van der Waals surface area contributed by atoms with Gasteiger partial charge >= 0.3 is 0 Å². The van der Waals surface area contributed by atoms with Gasteiger partial charge in [-0.25, -0.2) is 8.42 Å². The highest BCUT2D eigenvalue weighted by molar-refractivity contribution is 7.90. The number of Topliss-reactive ketones (excluding diaryl/α,β-unsaturated/α-hetero) is 1. The van der Waals surface area contributed by atoms with E-state index in [-0.39, 0.29) is 61.2 Å². The standard InChI is InChI=1S/C42H68N6O10S/c1-12-26(6)37(47(9)42(54)36(25(4)5)45-41(53)35(43-8)24(2)3)33(57-10)22-34(50)48-23-29(49)21-32(48)38(58-11)27(7)39(51)44-31(20-28-16-14-13-15-17-28)40(52)46-59(55,56)30-18-19-30/h13-17,24-27,30-33,35-38,43H,12,18-23H2,1-11H3,(H,44,51)(H,45,53)(H,46,52)/t26-,27+,31-,32-,33+,35-,36-,37-,38+/m0/s1. The number of rotatable bonds is 23. The molecule has 59 heavy (non-hydrogen) atoms. The van der Waals surface area contributed by atoms with Crippen molar-refractivity contribution in [2.75, 3.05) is 34.9 Å². The van der Waals surface area contributed by atoms with Crippen LogP contribution in [0, 0.1) is 23.7 Å². The highest BCUT2D eigenvalue weighted by atomic mass is 32.2. The van der Waals surface area contributed by atoms with Gasteiger partial charge in [0.2, 0.25) is 33.7 Å². The minimum atomic E-state index is -3.90. The predicted molar refractivity (Wildman–Crippen MR) is 223 cm³/mol. The number of hydrogen-bond acceptors (Lipinski definition) is 11. The summed E-state index contributed by atoms with van der Waals surface area (Å²) in [5, 5.41) is 8.02. The van der Waals surface area contributed by atoms with Crippen molar-refractivity contribution < 1.29 is 46.7 Å².